The molecule has 0 saturated carbocycles. The van der Waals surface area contributed by atoms with Crippen LogP contribution in [0.25, 0.3) is 0 Å². The third kappa shape index (κ3) is 2.59. The molecule has 0 unspecified atom stereocenters. The Morgan fingerprint density at radius 1 is 1.33 bits per heavy atom. The van der Waals surface area contributed by atoms with Crippen LogP contribution in [0.15, 0.2) is 36.7 Å². The van der Waals surface area contributed by atoms with Crippen LogP contribution in [0.5, 0.6) is 11.5 Å². The summed E-state index contributed by atoms with van der Waals surface area (Å²) in [5.41, 5.74) is 0.579. The SMILES string of the molecule is CC(=O)c1ccccc1Oc1cnn(C(C)C)c1. The summed E-state index contributed by atoms with van der Waals surface area (Å²) in [5, 5.41) is 4.19. The Morgan fingerprint density at radius 2 is 2.06 bits per heavy atom. The van der Waals surface area contributed by atoms with Crippen molar-refractivity contribution in [2.75, 3.05) is 0 Å². The van der Waals surface area contributed by atoms with Crippen LogP contribution in [0.1, 0.15) is 37.2 Å². The molecule has 0 aliphatic carbocycles. The van der Waals surface area contributed by atoms with E-state index in [0.29, 0.717) is 17.1 Å². The lowest BCUT2D eigenvalue weighted by Crippen LogP contribution is -2.00. The van der Waals surface area contributed by atoms with Gasteiger partial charge in [-0.2, -0.15) is 5.10 Å². The predicted octanol–water partition coefficient (Wildman–Crippen LogP) is 3.46. The lowest BCUT2D eigenvalue weighted by Gasteiger charge is -2.07. The molecule has 2 aromatic rings. The Bertz CT molecular complexity index is 558. The predicted molar refractivity (Wildman–Crippen MR) is 69.1 cm³/mol. The van der Waals surface area contributed by atoms with Gasteiger partial charge in [-0.05, 0) is 32.9 Å². The zero-order chi connectivity index (χ0) is 13.1. The molecule has 4 heteroatoms. The van der Waals surface area contributed by atoms with Crippen molar-refractivity contribution in [1.29, 1.82) is 0 Å². The first-order chi connectivity index (χ1) is 8.58. The van der Waals surface area contributed by atoms with E-state index in [9.17, 15) is 4.79 Å². The number of hydrogen-bond acceptors (Lipinski definition) is 3. The van der Waals surface area contributed by atoms with Crippen LogP contribution in [0.2, 0.25) is 0 Å². The summed E-state index contributed by atoms with van der Waals surface area (Å²) in [7, 11) is 0. The fraction of sp³-hybridized carbons (Fsp3) is 0.286. The third-order valence-corrected chi connectivity index (χ3v) is 2.60. The van der Waals surface area contributed by atoms with Gasteiger partial charge in [0.1, 0.15) is 5.75 Å². The highest BCUT2D eigenvalue weighted by Gasteiger charge is 2.10. The summed E-state index contributed by atoms with van der Waals surface area (Å²) in [4.78, 5) is 11.5. The molecule has 4 nitrogen and oxygen atoms in total. The summed E-state index contributed by atoms with van der Waals surface area (Å²) in [6.45, 7) is 5.61. The van der Waals surface area contributed by atoms with Crippen molar-refractivity contribution in [3.05, 3.63) is 42.2 Å². The van der Waals surface area contributed by atoms with Crippen LogP contribution < -0.4 is 4.74 Å². The van der Waals surface area contributed by atoms with Crippen molar-refractivity contribution in [2.45, 2.75) is 26.8 Å². The van der Waals surface area contributed by atoms with Crippen LogP contribution in [0, 0.1) is 0 Å². The average molecular weight is 244 g/mol. The normalized spacial score (nSPS) is 10.7. The molecule has 94 valence electrons. The molecular weight excluding hydrogens is 228 g/mol. The maximum atomic E-state index is 11.5. The number of ether oxygens (including phenoxy) is 1. The largest absolute Gasteiger partial charge is 0.453 e. The van der Waals surface area contributed by atoms with Crippen molar-refractivity contribution in [3.63, 3.8) is 0 Å². The topological polar surface area (TPSA) is 44.1 Å². The lowest BCUT2D eigenvalue weighted by molar-refractivity contribution is 0.101. The van der Waals surface area contributed by atoms with E-state index in [4.69, 9.17) is 4.74 Å². The number of rotatable bonds is 4. The zero-order valence-electron chi connectivity index (χ0n) is 10.8. The maximum Gasteiger partial charge on any atom is 0.165 e. The minimum Gasteiger partial charge on any atom is -0.453 e. The molecule has 0 N–H and O–H groups in total. The van der Waals surface area contributed by atoms with E-state index in [1.165, 1.54) is 6.92 Å². The molecule has 0 aliphatic heterocycles. The van der Waals surface area contributed by atoms with Gasteiger partial charge in [0.25, 0.3) is 0 Å². The smallest absolute Gasteiger partial charge is 0.165 e. The van der Waals surface area contributed by atoms with E-state index in [1.807, 2.05) is 36.9 Å². The van der Waals surface area contributed by atoms with Gasteiger partial charge in [-0.1, -0.05) is 12.1 Å². The fourth-order valence-electron chi connectivity index (χ4n) is 1.63. The Labute approximate surface area is 106 Å². The molecule has 0 spiro atoms. The minimum atomic E-state index is -0.0122. The number of hydrogen-bond donors (Lipinski definition) is 0. The summed E-state index contributed by atoms with van der Waals surface area (Å²) in [6.07, 6.45) is 3.47. The first-order valence-electron chi connectivity index (χ1n) is 5.90. The summed E-state index contributed by atoms with van der Waals surface area (Å²) < 4.78 is 7.51. The fourth-order valence-corrected chi connectivity index (χ4v) is 1.63. The van der Waals surface area contributed by atoms with Gasteiger partial charge in [0.2, 0.25) is 0 Å². The Hall–Kier alpha value is -2.10. The van der Waals surface area contributed by atoms with Crippen LogP contribution in [0.4, 0.5) is 0 Å². The second-order valence-electron chi connectivity index (χ2n) is 4.40. The second kappa shape index (κ2) is 5.04. The van der Waals surface area contributed by atoms with Gasteiger partial charge in [0.05, 0.1) is 18.0 Å². The van der Waals surface area contributed by atoms with Crippen molar-refractivity contribution in [1.82, 2.24) is 9.78 Å². The molecule has 0 radical (unpaired) electrons. The Kier molecular flexibility index (Phi) is 3.46. The number of carbonyl (C=O) groups is 1. The monoisotopic (exact) mass is 244 g/mol. The van der Waals surface area contributed by atoms with Gasteiger partial charge >= 0.3 is 0 Å². The molecule has 0 saturated heterocycles. The van der Waals surface area contributed by atoms with Crippen LogP contribution in [-0.2, 0) is 0 Å². The number of benzene rings is 1. The Balaban J connectivity index is 2.25. The average Bonchev–Trinajstić information content (AvgIpc) is 2.78. The van der Waals surface area contributed by atoms with E-state index in [1.54, 1.807) is 18.3 Å². The van der Waals surface area contributed by atoms with Crippen LogP contribution in [0.3, 0.4) is 0 Å². The molecule has 1 aromatic heterocycles. The standard InChI is InChI=1S/C14H16N2O2/c1-10(2)16-9-12(8-15-16)18-14-7-5-4-6-13(14)11(3)17/h4-10H,1-3H3. The number of Topliss-reactive ketones (excluding diaryl/α,β-unsaturated/α-hetero) is 1. The van der Waals surface area contributed by atoms with Crippen molar-refractivity contribution in [3.8, 4) is 11.5 Å². The number of carbonyl (C=O) groups excluding carboxylic acids is 1. The summed E-state index contributed by atoms with van der Waals surface area (Å²) in [6, 6.07) is 7.48. The number of aromatic nitrogens is 2. The Morgan fingerprint density at radius 3 is 2.67 bits per heavy atom. The third-order valence-electron chi connectivity index (χ3n) is 2.60. The zero-order valence-corrected chi connectivity index (χ0v) is 10.8. The van der Waals surface area contributed by atoms with Gasteiger partial charge in [-0.3, -0.25) is 9.48 Å². The van der Waals surface area contributed by atoms with Gasteiger partial charge in [-0.25, -0.2) is 0 Å². The highest BCUT2D eigenvalue weighted by molar-refractivity contribution is 5.96. The number of ketones is 1. The second-order valence-corrected chi connectivity index (χ2v) is 4.40. The number of nitrogens with zero attached hydrogens (tertiary/aromatic N) is 2. The van der Waals surface area contributed by atoms with Crippen molar-refractivity contribution < 1.29 is 9.53 Å². The van der Waals surface area contributed by atoms with Gasteiger partial charge in [-0.15, -0.1) is 0 Å². The summed E-state index contributed by atoms with van der Waals surface area (Å²) >= 11 is 0. The molecule has 0 aliphatic rings. The van der Waals surface area contributed by atoms with E-state index in [2.05, 4.69) is 5.10 Å². The molecule has 2 rings (SSSR count). The van der Waals surface area contributed by atoms with Crippen molar-refractivity contribution in [2.24, 2.45) is 0 Å². The maximum absolute atomic E-state index is 11.5. The van der Waals surface area contributed by atoms with E-state index < -0.39 is 0 Å². The van der Waals surface area contributed by atoms with Crippen molar-refractivity contribution >= 4 is 5.78 Å². The first-order valence-corrected chi connectivity index (χ1v) is 5.90. The van der Waals surface area contributed by atoms with Gasteiger partial charge < -0.3 is 4.74 Å². The molecule has 0 amide bonds. The van der Waals surface area contributed by atoms with Gasteiger partial charge in [0, 0.05) is 6.04 Å². The molecule has 1 aromatic carbocycles. The molecular formula is C14H16N2O2. The molecule has 18 heavy (non-hydrogen) atoms. The first kappa shape index (κ1) is 12.4. The summed E-state index contributed by atoms with van der Waals surface area (Å²) in [5.74, 6) is 1.19. The van der Waals surface area contributed by atoms with E-state index >= 15 is 0 Å². The van der Waals surface area contributed by atoms with Gasteiger partial charge in [0.15, 0.2) is 11.5 Å². The minimum absolute atomic E-state index is 0.0122. The lowest BCUT2D eigenvalue weighted by atomic mass is 10.1. The van der Waals surface area contributed by atoms with E-state index in [0.717, 1.165) is 0 Å². The number of para-hydroxylation sites is 1. The highest BCUT2D eigenvalue weighted by Crippen LogP contribution is 2.25. The molecule has 0 fully saturated rings. The van der Waals surface area contributed by atoms with Crippen LogP contribution in [-0.4, -0.2) is 15.6 Å². The molecule has 1 heterocycles. The molecule has 0 bridgehead atoms. The quantitative estimate of drug-likeness (QED) is 0.773. The highest BCUT2D eigenvalue weighted by atomic mass is 16.5. The van der Waals surface area contributed by atoms with E-state index in [-0.39, 0.29) is 11.8 Å². The molecule has 0 atom stereocenters. The van der Waals surface area contributed by atoms with Crippen LogP contribution >= 0.6 is 0 Å².